The molecule has 0 amide bonds. The van der Waals surface area contributed by atoms with Gasteiger partial charge in [0.2, 0.25) is 0 Å². The Morgan fingerprint density at radius 2 is 2.17 bits per heavy atom. The summed E-state index contributed by atoms with van der Waals surface area (Å²) in [6.07, 6.45) is 2.22. The van der Waals surface area contributed by atoms with Gasteiger partial charge >= 0.3 is 0 Å². The number of piperidine rings is 1. The van der Waals surface area contributed by atoms with Gasteiger partial charge in [-0.1, -0.05) is 18.5 Å². The lowest BCUT2D eigenvalue weighted by Gasteiger charge is -2.33. The zero-order chi connectivity index (χ0) is 16.4. The number of nitrogens with one attached hydrogen (secondary N) is 1. The molecule has 0 bridgehead atoms. The molecular formula is C17H24ClN3O2. The van der Waals surface area contributed by atoms with Crippen LogP contribution in [-0.4, -0.2) is 44.5 Å². The Hall–Kier alpha value is -1.46. The first-order chi connectivity index (χ1) is 11.2. The molecule has 1 N–H and O–H groups in total. The van der Waals surface area contributed by atoms with Crippen LogP contribution >= 0.6 is 11.6 Å². The van der Waals surface area contributed by atoms with Crippen molar-refractivity contribution in [2.24, 2.45) is 11.0 Å². The molecule has 2 unspecified atom stereocenters. The van der Waals surface area contributed by atoms with Crippen LogP contribution in [-0.2, 0) is 0 Å². The van der Waals surface area contributed by atoms with E-state index in [-0.39, 0.29) is 6.04 Å². The molecular weight excluding hydrogens is 314 g/mol. The third-order valence-corrected chi connectivity index (χ3v) is 4.95. The van der Waals surface area contributed by atoms with Crippen LogP contribution in [0.25, 0.3) is 0 Å². The lowest BCUT2D eigenvalue weighted by molar-refractivity contribution is 0.228. The molecule has 2 aliphatic rings. The van der Waals surface area contributed by atoms with Crippen LogP contribution in [0.5, 0.6) is 11.5 Å². The number of likely N-dealkylation sites (tertiary alicyclic amines) is 1. The van der Waals surface area contributed by atoms with E-state index in [1.807, 2.05) is 12.1 Å². The highest BCUT2D eigenvalue weighted by Gasteiger charge is 2.37. The number of hydrogen-bond donors (Lipinski definition) is 1. The first-order valence-electron chi connectivity index (χ1n) is 8.13. The summed E-state index contributed by atoms with van der Waals surface area (Å²) in [5, 5.41) is 5.13. The summed E-state index contributed by atoms with van der Waals surface area (Å²) in [6, 6.07) is 4.10. The molecule has 23 heavy (non-hydrogen) atoms. The molecule has 0 saturated carbocycles. The normalized spacial score (nSPS) is 23.9. The number of benzene rings is 1. The smallest absolute Gasteiger partial charge is 0.179 e. The van der Waals surface area contributed by atoms with Gasteiger partial charge < -0.3 is 19.8 Å². The molecule has 0 spiro atoms. The summed E-state index contributed by atoms with van der Waals surface area (Å²) < 4.78 is 10.8. The van der Waals surface area contributed by atoms with E-state index in [0.717, 1.165) is 31.6 Å². The zero-order valence-corrected chi connectivity index (χ0v) is 14.7. The Morgan fingerprint density at radius 3 is 2.87 bits per heavy atom. The van der Waals surface area contributed by atoms with E-state index in [1.165, 1.54) is 12.1 Å². The Kier molecular flexibility index (Phi) is 4.97. The zero-order valence-electron chi connectivity index (χ0n) is 13.9. The minimum Gasteiger partial charge on any atom is -0.493 e. The van der Waals surface area contributed by atoms with Crippen molar-refractivity contribution in [3.63, 3.8) is 0 Å². The average molecular weight is 338 g/mol. The second kappa shape index (κ2) is 6.97. The molecule has 0 aliphatic carbocycles. The van der Waals surface area contributed by atoms with Crippen LogP contribution in [0.15, 0.2) is 17.2 Å². The molecule has 5 nitrogen and oxygen atoms in total. The standard InChI is InChI=1S/C17H24ClN3O2/c1-4-6-21-7-5-14-12(10-21)16(20-19-14)11-8-13(18)17(23-3)15(9-11)22-2/h8-9,12,16,20H,4-7,10H2,1-3H3. The predicted molar refractivity (Wildman–Crippen MR) is 92.7 cm³/mol. The summed E-state index contributed by atoms with van der Waals surface area (Å²) in [7, 11) is 3.23. The van der Waals surface area contributed by atoms with Gasteiger partial charge in [0.15, 0.2) is 11.5 Å². The highest BCUT2D eigenvalue weighted by molar-refractivity contribution is 6.32. The molecule has 2 heterocycles. The van der Waals surface area contributed by atoms with Gasteiger partial charge in [0.25, 0.3) is 0 Å². The lowest BCUT2D eigenvalue weighted by atomic mass is 9.86. The number of nitrogens with zero attached hydrogens (tertiary/aromatic N) is 2. The van der Waals surface area contributed by atoms with Gasteiger partial charge in [0.05, 0.1) is 25.3 Å². The molecule has 3 rings (SSSR count). The highest BCUT2D eigenvalue weighted by atomic mass is 35.5. The van der Waals surface area contributed by atoms with Crippen LogP contribution in [0.3, 0.4) is 0 Å². The van der Waals surface area contributed by atoms with Crippen LogP contribution in [0.1, 0.15) is 31.4 Å². The monoisotopic (exact) mass is 337 g/mol. The number of methoxy groups -OCH3 is 2. The van der Waals surface area contributed by atoms with Gasteiger partial charge in [-0.05, 0) is 30.7 Å². The maximum absolute atomic E-state index is 6.36. The SMILES string of the molecule is CCCN1CCC2=NNC(c3cc(Cl)c(OC)c(OC)c3)C2C1. The fraction of sp³-hybridized carbons (Fsp3) is 0.588. The number of hydrazone groups is 1. The van der Waals surface area contributed by atoms with E-state index in [4.69, 9.17) is 21.1 Å². The summed E-state index contributed by atoms with van der Waals surface area (Å²) in [5.41, 5.74) is 5.66. The molecule has 2 atom stereocenters. The van der Waals surface area contributed by atoms with Crippen LogP contribution < -0.4 is 14.9 Å². The van der Waals surface area contributed by atoms with E-state index in [9.17, 15) is 0 Å². The summed E-state index contributed by atoms with van der Waals surface area (Å²) in [4.78, 5) is 2.52. The van der Waals surface area contributed by atoms with E-state index in [1.54, 1.807) is 14.2 Å². The molecule has 0 aromatic heterocycles. The van der Waals surface area contributed by atoms with Crippen molar-refractivity contribution in [2.45, 2.75) is 25.8 Å². The van der Waals surface area contributed by atoms with Crippen molar-refractivity contribution >= 4 is 17.3 Å². The molecule has 1 saturated heterocycles. The maximum Gasteiger partial charge on any atom is 0.179 e. The average Bonchev–Trinajstić information content (AvgIpc) is 2.97. The third-order valence-electron chi connectivity index (χ3n) is 4.67. The number of hydrogen-bond acceptors (Lipinski definition) is 5. The second-order valence-electron chi connectivity index (χ2n) is 6.11. The van der Waals surface area contributed by atoms with E-state index in [0.29, 0.717) is 22.4 Å². The van der Waals surface area contributed by atoms with Crippen molar-refractivity contribution in [2.75, 3.05) is 33.9 Å². The fourth-order valence-corrected chi connectivity index (χ4v) is 3.85. The Morgan fingerprint density at radius 1 is 1.35 bits per heavy atom. The number of halogens is 1. The summed E-state index contributed by atoms with van der Waals surface area (Å²) in [6.45, 7) is 5.51. The molecule has 2 aliphatic heterocycles. The second-order valence-corrected chi connectivity index (χ2v) is 6.51. The van der Waals surface area contributed by atoms with Crippen molar-refractivity contribution in [3.8, 4) is 11.5 Å². The van der Waals surface area contributed by atoms with Gasteiger partial charge in [-0.25, -0.2) is 0 Å². The largest absolute Gasteiger partial charge is 0.493 e. The van der Waals surface area contributed by atoms with Gasteiger partial charge in [0, 0.05) is 31.1 Å². The van der Waals surface area contributed by atoms with Crippen molar-refractivity contribution in [1.82, 2.24) is 10.3 Å². The third kappa shape index (κ3) is 3.12. The molecule has 126 valence electrons. The lowest BCUT2D eigenvalue weighted by Crippen LogP contribution is -2.42. The molecule has 1 aromatic carbocycles. The number of ether oxygens (including phenoxy) is 2. The molecule has 1 aromatic rings. The molecule has 1 fully saturated rings. The Labute approximate surface area is 142 Å². The van der Waals surface area contributed by atoms with Gasteiger partial charge in [-0.3, -0.25) is 0 Å². The Balaban J connectivity index is 1.86. The van der Waals surface area contributed by atoms with Gasteiger partial charge in [-0.2, -0.15) is 5.10 Å². The van der Waals surface area contributed by atoms with Crippen molar-refractivity contribution in [1.29, 1.82) is 0 Å². The first-order valence-corrected chi connectivity index (χ1v) is 8.51. The van der Waals surface area contributed by atoms with E-state index >= 15 is 0 Å². The van der Waals surface area contributed by atoms with E-state index in [2.05, 4.69) is 22.4 Å². The summed E-state index contributed by atoms with van der Waals surface area (Å²) in [5.74, 6) is 1.63. The number of fused-ring (bicyclic) bond motifs is 1. The quantitative estimate of drug-likeness (QED) is 0.897. The van der Waals surface area contributed by atoms with Gasteiger partial charge in [-0.15, -0.1) is 0 Å². The predicted octanol–water partition coefficient (Wildman–Crippen LogP) is 3.09. The van der Waals surface area contributed by atoms with E-state index < -0.39 is 0 Å². The van der Waals surface area contributed by atoms with Crippen molar-refractivity contribution < 1.29 is 9.47 Å². The Bertz CT molecular complexity index is 606. The first kappa shape index (κ1) is 16.4. The van der Waals surface area contributed by atoms with Crippen molar-refractivity contribution in [3.05, 3.63) is 22.7 Å². The van der Waals surface area contributed by atoms with Crippen LogP contribution in [0, 0.1) is 5.92 Å². The minimum atomic E-state index is 0.141. The maximum atomic E-state index is 6.36. The highest BCUT2D eigenvalue weighted by Crippen LogP contribution is 2.41. The van der Waals surface area contributed by atoms with Crippen LogP contribution in [0.2, 0.25) is 5.02 Å². The van der Waals surface area contributed by atoms with Crippen LogP contribution in [0.4, 0.5) is 0 Å². The minimum absolute atomic E-state index is 0.141. The fourth-order valence-electron chi connectivity index (χ4n) is 3.56. The molecule has 6 heteroatoms. The summed E-state index contributed by atoms with van der Waals surface area (Å²) >= 11 is 6.36. The molecule has 0 radical (unpaired) electrons. The topological polar surface area (TPSA) is 46.1 Å². The number of rotatable bonds is 5. The van der Waals surface area contributed by atoms with Gasteiger partial charge in [0.1, 0.15) is 0 Å².